The van der Waals surface area contributed by atoms with Gasteiger partial charge in [-0.1, -0.05) is 48.0 Å². The molecule has 148 valence electrons. The molecule has 3 rings (SSSR count). The molecule has 0 aliphatic carbocycles. The van der Waals surface area contributed by atoms with Crippen LogP contribution in [0.25, 0.3) is 0 Å². The number of nitrogens with zero attached hydrogens (tertiary/aromatic N) is 1. The van der Waals surface area contributed by atoms with Gasteiger partial charge in [-0.05, 0) is 50.9 Å². The predicted molar refractivity (Wildman–Crippen MR) is 111 cm³/mol. The summed E-state index contributed by atoms with van der Waals surface area (Å²) in [5, 5.41) is 6.00. The van der Waals surface area contributed by atoms with E-state index in [1.807, 2.05) is 43.1 Å². The van der Waals surface area contributed by atoms with Gasteiger partial charge in [0.05, 0.1) is 6.04 Å². The van der Waals surface area contributed by atoms with Crippen LogP contribution in [0.2, 0.25) is 0 Å². The summed E-state index contributed by atoms with van der Waals surface area (Å²) in [5.41, 5.74) is 4.12. The number of likely N-dealkylation sites (tertiary alicyclic amines) is 1. The van der Waals surface area contributed by atoms with Gasteiger partial charge in [-0.3, -0.25) is 14.5 Å². The zero-order valence-corrected chi connectivity index (χ0v) is 16.9. The van der Waals surface area contributed by atoms with Crippen LogP contribution in [0.5, 0.6) is 0 Å². The van der Waals surface area contributed by atoms with Crippen molar-refractivity contribution in [2.24, 2.45) is 0 Å². The minimum atomic E-state index is -0.187. The van der Waals surface area contributed by atoms with E-state index in [9.17, 15) is 9.59 Å². The van der Waals surface area contributed by atoms with E-state index in [-0.39, 0.29) is 23.9 Å². The molecule has 1 fully saturated rings. The van der Waals surface area contributed by atoms with Gasteiger partial charge in [0.1, 0.15) is 0 Å². The standard InChI is InChI=1S/C23H29N3O2/c1-4-24-23(28)21-14-19(15-26(21)3)25-22(27)20-8-6-5-7-18(20)13-17-11-9-16(2)10-12-17/h5-12,19,21H,4,13-15H2,1-3H3,(H,24,28)(H,25,27). The van der Waals surface area contributed by atoms with Gasteiger partial charge in [-0.15, -0.1) is 0 Å². The molecule has 2 amide bonds. The second-order valence-corrected chi connectivity index (χ2v) is 7.58. The molecule has 28 heavy (non-hydrogen) atoms. The van der Waals surface area contributed by atoms with Crippen LogP contribution in [-0.4, -0.2) is 48.9 Å². The number of amides is 2. The van der Waals surface area contributed by atoms with Crippen molar-refractivity contribution in [2.75, 3.05) is 20.1 Å². The third-order valence-electron chi connectivity index (χ3n) is 5.31. The van der Waals surface area contributed by atoms with E-state index in [1.165, 1.54) is 11.1 Å². The van der Waals surface area contributed by atoms with Crippen molar-refractivity contribution in [3.05, 3.63) is 70.8 Å². The first-order chi connectivity index (χ1) is 13.5. The molecule has 2 unspecified atom stereocenters. The van der Waals surface area contributed by atoms with E-state index in [1.54, 1.807) is 0 Å². The quantitative estimate of drug-likeness (QED) is 0.811. The normalized spacial score (nSPS) is 19.4. The molecule has 0 radical (unpaired) electrons. The summed E-state index contributed by atoms with van der Waals surface area (Å²) in [5.74, 6) is -0.0424. The molecule has 1 saturated heterocycles. The van der Waals surface area contributed by atoms with E-state index < -0.39 is 0 Å². The number of rotatable bonds is 6. The molecular formula is C23H29N3O2. The fourth-order valence-corrected chi connectivity index (χ4v) is 3.79. The summed E-state index contributed by atoms with van der Waals surface area (Å²) in [4.78, 5) is 27.1. The number of likely N-dealkylation sites (N-methyl/N-ethyl adjacent to an activating group) is 2. The number of aryl methyl sites for hydroxylation is 1. The van der Waals surface area contributed by atoms with Crippen molar-refractivity contribution in [3.63, 3.8) is 0 Å². The zero-order valence-electron chi connectivity index (χ0n) is 16.9. The number of hydrogen-bond donors (Lipinski definition) is 2. The van der Waals surface area contributed by atoms with Crippen molar-refractivity contribution in [1.29, 1.82) is 0 Å². The Balaban J connectivity index is 1.68. The van der Waals surface area contributed by atoms with Crippen molar-refractivity contribution in [3.8, 4) is 0 Å². The molecule has 5 heteroatoms. The molecule has 1 aliphatic rings. The summed E-state index contributed by atoms with van der Waals surface area (Å²) in [6, 6.07) is 15.9. The van der Waals surface area contributed by atoms with Gasteiger partial charge >= 0.3 is 0 Å². The van der Waals surface area contributed by atoms with Crippen molar-refractivity contribution < 1.29 is 9.59 Å². The Labute approximate surface area is 167 Å². The van der Waals surface area contributed by atoms with Gasteiger partial charge in [0, 0.05) is 24.7 Å². The molecule has 1 aliphatic heterocycles. The number of hydrogen-bond acceptors (Lipinski definition) is 3. The summed E-state index contributed by atoms with van der Waals surface area (Å²) < 4.78 is 0. The van der Waals surface area contributed by atoms with Crippen LogP contribution in [0.1, 0.15) is 40.4 Å². The lowest BCUT2D eigenvalue weighted by atomic mass is 9.98. The lowest BCUT2D eigenvalue weighted by Gasteiger charge is -2.17. The van der Waals surface area contributed by atoms with Crippen LogP contribution >= 0.6 is 0 Å². The van der Waals surface area contributed by atoms with Gasteiger partial charge < -0.3 is 10.6 Å². The number of nitrogens with one attached hydrogen (secondary N) is 2. The van der Waals surface area contributed by atoms with Gasteiger partial charge in [0.25, 0.3) is 5.91 Å². The van der Waals surface area contributed by atoms with Gasteiger partial charge in [-0.25, -0.2) is 0 Å². The topological polar surface area (TPSA) is 61.4 Å². The zero-order chi connectivity index (χ0) is 20.1. The maximum atomic E-state index is 12.9. The summed E-state index contributed by atoms with van der Waals surface area (Å²) >= 11 is 0. The van der Waals surface area contributed by atoms with Crippen molar-refractivity contribution in [1.82, 2.24) is 15.5 Å². The lowest BCUT2D eigenvalue weighted by molar-refractivity contribution is -0.124. The first-order valence-corrected chi connectivity index (χ1v) is 9.90. The lowest BCUT2D eigenvalue weighted by Crippen LogP contribution is -2.41. The van der Waals surface area contributed by atoms with E-state index >= 15 is 0 Å². The average Bonchev–Trinajstić information content (AvgIpc) is 3.04. The van der Waals surface area contributed by atoms with Crippen LogP contribution in [0.15, 0.2) is 48.5 Å². The Morgan fingerprint density at radius 3 is 2.54 bits per heavy atom. The van der Waals surface area contributed by atoms with Gasteiger partial charge in [0.2, 0.25) is 5.91 Å². The Bertz CT molecular complexity index is 832. The molecule has 2 aromatic carbocycles. The molecule has 0 bridgehead atoms. The number of benzene rings is 2. The highest BCUT2D eigenvalue weighted by molar-refractivity contribution is 5.96. The minimum absolute atomic E-state index is 0.0292. The Kier molecular flexibility index (Phi) is 6.47. The summed E-state index contributed by atoms with van der Waals surface area (Å²) in [7, 11) is 1.93. The maximum absolute atomic E-state index is 12.9. The maximum Gasteiger partial charge on any atom is 0.251 e. The third kappa shape index (κ3) is 4.78. The Hall–Kier alpha value is -2.66. The second kappa shape index (κ2) is 9.02. The summed E-state index contributed by atoms with van der Waals surface area (Å²) in [6.45, 7) is 5.27. The van der Waals surface area contributed by atoms with Crippen LogP contribution < -0.4 is 10.6 Å². The molecule has 2 N–H and O–H groups in total. The highest BCUT2D eigenvalue weighted by Gasteiger charge is 2.35. The van der Waals surface area contributed by atoms with Crippen LogP contribution in [0.4, 0.5) is 0 Å². The number of carbonyl (C=O) groups excluding carboxylic acids is 2. The van der Waals surface area contributed by atoms with Crippen LogP contribution in [0, 0.1) is 6.92 Å². The van der Waals surface area contributed by atoms with Crippen LogP contribution in [-0.2, 0) is 11.2 Å². The SMILES string of the molecule is CCNC(=O)C1CC(NC(=O)c2ccccc2Cc2ccc(C)cc2)CN1C. The minimum Gasteiger partial charge on any atom is -0.355 e. The third-order valence-corrected chi connectivity index (χ3v) is 5.31. The smallest absolute Gasteiger partial charge is 0.251 e. The average molecular weight is 380 g/mol. The second-order valence-electron chi connectivity index (χ2n) is 7.58. The Morgan fingerprint density at radius 2 is 1.82 bits per heavy atom. The molecule has 0 saturated carbocycles. The Morgan fingerprint density at radius 1 is 1.11 bits per heavy atom. The van der Waals surface area contributed by atoms with Crippen molar-refractivity contribution >= 4 is 11.8 Å². The van der Waals surface area contributed by atoms with E-state index in [0.29, 0.717) is 25.1 Å². The van der Waals surface area contributed by atoms with Crippen molar-refractivity contribution in [2.45, 2.75) is 38.8 Å². The van der Waals surface area contributed by atoms with E-state index in [2.05, 4.69) is 41.8 Å². The monoisotopic (exact) mass is 379 g/mol. The van der Waals surface area contributed by atoms with E-state index in [4.69, 9.17) is 0 Å². The predicted octanol–water partition coefficient (Wildman–Crippen LogP) is 2.52. The first-order valence-electron chi connectivity index (χ1n) is 9.90. The van der Waals surface area contributed by atoms with Gasteiger partial charge in [-0.2, -0.15) is 0 Å². The fraction of sp³-hybridized carbons (Fsp3) is 0.391. The summed E-state index contributed by atoms with van der Waals surface area (Å²) in [6.07, 6.45) is 1.35. The number of carbonyl (C=O) groups is 2. The molecule has 0 aromatic heterocycles. The molecular weight excluding hydrogens is 350 g/mol. The molecule has 1 heterocycles. The molecule has 2 aromatic rings. The van der Waals surface area contributed by atoms with Gasteiger partial charge in [0.15, 0.2) is 0 Å². The highest BCUT2D eigenvalue weighted by Crippen LogP contribution is 2.19. The molecule has 2 atom stereocenters. The fourth-order valence-electron chi connectivity index (χ4n) is 3.79. The first kappa shape index (κ1) is 20.1. The largest absolute Gasteiger partial charge is 0.355 e. The highest BCUT2D eigenvalue weighted by atomic mass is 16.2. The molecule has 0 spiro atoms. The molecule has 5 nitrogen and oxygen atoms in total. The van der Waals surface area contributed by atoms with Crippen LogP contribution in [0.3, 0.4) is 0 Å². The van der Waals surface area contributed by atoms with E-state index in [0.717, 1.165) is 12.0 Å².